The maximum atomic E-state index is 13.8. The van der Waals surface area contributed by atoms with E-state index in [-0.39, 0.29) is 29.9 Å². The third kappa shape index (κ3) is 5.27. The summed E-state index contributed by atoms with van der Waals surface area (Å²) in [5, 5.41) is 7.64. The number of benzene rings is 2. The normalized spacial score (nSPS) is 11.5. The Balaban J connectivity index is 1.98. The number of hydrogen-bond acceptors (Lipinski definition) is 3. The van der Waals surface area contributed by atoms with Gasteiger partial charge in [-0.25, -0.2) is 8.78 Å². The van der Waals surface area contributed by atoms with E-state index in [0.29, 0.717) is 6.07 Å². The summed E-state index contributed by atoms with van der Waals surface area (Å²) < 4.78 is 27.4. The van der Waals surface area contributed by atoms with Gasteiger partial charge in [0.25, 0.3) is 0 Å². The highest BCUT2D eigenvalue weighted by Crippen LogP contribution is 2.23. The van der Waals surface area contributed by atoms with Gasteiger partial charge in [-0.1, -0.05) is 30.3 Å². The maximum absolute atomic E-state index is 13.8. The van der Waals surface area contributed by atoms with Gasteiger partial charge in [0, 0.05) is 13.0 Å². The predicted molar refractivity (Wildman–Crippen MR) is 92.2 cm³/mol. The van der Waals surface area contributed by atoms with E-state index >= 15 is 0 Å². The molecule has 0 radical (unpaired) electrons. The molecule has 0 saturated carbocycles. The van der Waals surface area contributed by atoms with Gasteiger partial charge in [-0.05, 0) is 18.6 Å². The fourth-order valence-corrected chi connectivity index (χ4v) is 2.26. The number of hydrogen-bond donors (Lipinski definition) is 3. The van der Waals surface area contributed by atoms with E-state index in [1.165, 1.54) is 6.92 Å². The van der Waals surface area contributed by atoms with Crippen LogP contribution in [0.5, 0.6) is 0 Å². The molecule has 2 amide bonds. The minimum Gasteiger partial charge on any atom is -0.374 e. The molecule has 25 heavy (non-hydrogen) atoms. The van der Waals surface area contributed by atoms with Gasteiger partial charge in [0.1, 0.15) is 11.6 Å². The lowest BCUT2D eigenvalue weighted by atomic mass is 10.1. The van der Waals surface area contributed by atoms with E-state index in [9.17, 15) is 18.4 Å². The van der Waals surface area contributed by atoms with Crippen molar-refractivity contribution < 1.29 is 18.4 Å². The van der Waals surface area contributed by atoms with Crippen molar-refractivity contribution in [2.75, 3.05) is 17.2 Å². The number of carbonyl (C=O) groups is 2. The van der Waals surface area contributed by atoms with Gasteiger partial charge < -0.3 is 16.0 Å². The monoisotopic (exact) mass is 347 g/mol. The Hall–Kier alpha value is -2.96. The summed E-state index contributed by atoms with van der Waals surface area (Å²) in [6.45, 7) is 2.86. The number of carbonyl (C=O) groups excluding carboxylic acids is 2. The van der Waals surface area contributed by atoms with Crippen LogP contribution in [-0.2, 0) is 9.59 Å². The molecule has 1 atom stereocenters. The molecule has 0 aliphatic carbocycles. The second-order valence-electron chi connectivity index (χ2n) is 5.55. The lowest BCUT2D eigenvalue weighted by Crippen LogP contribution is -2.32. The molecule has 7 heteroatoms. The lowest BCUT2D eigenvalue weighted by Gasteiger charge is -2.15. The predicted octanol–water partition coefficient (Wildman–Crippen LogP) is 3.21. The van der Waals surface area contributed by atoms with Crippen molar-refractivity contribution in [1.29, 1.82) is 0 Å². The highest BCUT2D eigenvalue weighted by Gasteiger charge is 2.13. The fraction of sp³-hybridized carbons (Fsp3) is 0.222. The smallest absolute Gasteiger partial charge is 0.239 e. The van der Waals surface area contributed by atoms with E-state index < -0.39 is 17.5 Å². The molecule has 5 nitrogen and oxygen atoms in total. The summed E-state index contributed by atoms with van der Waals surface area (Å²) in [6, 6.07) is 10.9. The minimum absolute atomic E-state index is 0.0762. The first-order valence-electron chi connectivity index (χ1n) is 7.71. The Labute approximate surface area is 144 Å². The average Bonchev–Trinajstić information content (AvgIpc) is 2.56. The summed E-state index contributed by atoms with van der Waals surface area (Å²) in [5.74, 6) is -2.57. The van der Waals surface area contributed by atoms with Crippen LogP contribution in [0.15, 0.2) is 42.5 Å². The largest absolute Gasteiger partial charge is 0.374 e. The van der Waals surface area contributed by atoms with Gasteiger partial charge >= 0.3 is 0 Å². The maximum Gasteiger partial charge on any atom is 0.239 e. The van der Waals surface area contributed by atoms with Crippen LogP contribution in [0, 0.1) is 11.6 Å². The molecule has 0 fully saturated rings. The zero-order valence-electron chi connectivity index (χ0n) is 13.9. The summed E-state index contributed by atoms with van der Waals surface area (Å²) >= 11 is 0. The number of anilines is 2. The summed E-state index contributed by atoms with van der Waals surface area (Å²) in [4.78, 5) is 23.0. The van der Waals surface area contributed by atoms with Crippen molar-refractivity contribution in [3.8, 4) is 0 Å². The highest BCUT2D eigenvalue weighted by atomic mass is 19.1. The lowest BCUT2D eigenvalue weighted by molar-refractivity contribution is -0.120. The Morgan fingerprint density at radius 1 is 1.04 bits per heavy atom. The standard InChI is InChI=1S/C18H19F2N3O2/c1-11(13-6-4-3-5-7-13)22-18(25)10-21-16-9-17(23-12(2)24)15(20)8-14(16)19/h3-9,11,21H,10H2,1-2H3,(H,22,25)(H,23,24). The van der Waals surface area contributed by atoms with Crippen LogP contribution >= 0.6 is 0 Å². The van der Waals surface area contributed by atoms with Gasteiger partial charge in [0.2, 0.25) is 11.8 Å². The van der Waals surface area contributed by atoms with Crippen molar-refractivity contribution in [3.05, 3.63) is 59.7 Å². The molecule has 0 spiro atoms. The first-order chi connectivity index (χ1) is 11.9. The molecule has 0 heterocycles. The molecular formula is C18H19F2N3O2. The Morgan fingerprint density at radius 3 is 2.32 bits per heavy atom. The van der Waals surface area contributed by atoms with Crippen LogP contribution in [0.4, 0.5) is 20.2 Å². The van der Waals surface area contributed by atoms with Crippen LogP contribution in [-0.4, -0.2) is 18.4 Å². The van der Waals surface area contributed by atoms with Crippen molar-refractivity contribution >= 4 is 23.2 Å². The van der Waals surface area contributed by atoms with Gasteiger partial charge in [0.15, 0.2) is 0 Å². The molecule has 2 aromatic rings. The molecule has 3 N–H and O–H groups in total. The molecule has 0 aliphatic rings. The van der Waals surface area contributed by atoms with Crippen LogP contribution in [0.3, 0.4) is 0 Å². The molecule has 1 unspecified atom stereocenters. The van der Waals surface area contributed by atoms with Crippen LogP contribution in [0.2, 0.25) is 0 Å². The zero-order valence-corrected chi connectivity index (χ0v) is 13.9. The number of nitrogens with one attached hydrogen (secondary N) is 3. The zero-order chi connectivity index (χ0) is 18.4. The SMILES string of the molecule is CC(=O)Nc1cc(NCC(=O)NC(C)c2ccccc2)c(F)cc1F. The van der Waals surface area contributed by atoms with Gasteiger partial charge in [-0.2, -0.15) is 0 Å². The van der Waals surface area contributed by atoms with Gasteiger partial charge in [-0.15, -0.1) is 0 Å². The number of rotatable bonds is 6. The molecule has 0 saturated heterocycles. The van der Waals surface area contributed by atoms with E-state index in [2.05, 4.69) is 16.0 Å². The highest BCUT2D eigenvalue weighted by molar-refractivity contribution is 5.89. The van der Waals surface area contributed by atoms with E-state index in [4.69, 9.17) is 0 Å². The topological polar surface area (TPSA) is 70.2 Å². The van der Waals surface area contributed by atoms with Crippen molar-refractivity contribution in [3.63, 3.8) is 0 Å². The molecular weight excluding hydrogens is 328 g/mol. The van der Waals surface area contributed by atoms with Crippen molar-refractivity contribution in [2.24, 2.45) is 0 Å². The molecule has 2 rings (SSSR count). The van der Waals surface area contributed by atoms with Gasteiger partial charge in [0.05, 0.1) is 24.0 Å². The van der Waals surface area contributed by atoms with Crippen molar-refractivity contribution in [2.45, 2.75) is 19.9 Å². The van der Waals surface area contributed by atoms with E-state index in [1.54, 1.807) is 0 Å². The summed E-state index contributed by atoms with van der Waals surface area (Å²) in [7, 11) is 0. The van der Waals surface area contributed by atoms with E-state index in [0.717, 1.165) is 11.6 Å². The average molecular weight is 347 g/mol. The molecule has 132 valence electrons. The first-order valence-corrected chi connectivity index (χ1v) is 7.71. The second kappa shape index (κ2) is 8.23. The van der Waals surface area contributed by atoms with Crippen LogP contribution < -0.4 is 16.0 Å². The quantitative estimate of drug-likeness (QED) is 0.751. The number of amides is 2. The Bertz CT molecular complexity index is 766. The Kier molecular flexibility index (Phi) is 6.05. The Morgan fingerprint density at radius 2 is 1.68 bits per heavy atom. The summed E-state index contributed by atoms with van der Waals surface area (Å²) in [5.41, 5.74) is 0.707. The third-order valence-corrected chi connectivity index (χ3v) is 3.48. The third-order valence-electron chi connectivity index (χ3n) is 3.48. The number of halogens is 2. The molecule has 0 aromatic heterocycles. The van der Waals surface area contributed by atoms with E-state index in [1.807, 2.05) is 37.3 Å². The summed E-state index contributed by atoms with van der Waals surface area (Å²) in [6.07, 6.45) is 0. The van der Waals surface area contributed by atoms with Gasteiger partial charge in [-0.3, -0.25) is 9.59 Å². The van der Waals surface area contributed by atoms with Crippen LogP contribution in [0.1, 0.15) is 25.5 Å². The van der Waals surface area contributed by atoms with Crippen LogP contribution in [0.25, 0.3) is 0 Å². The minimum atomic E-state index is -0.889. The fourth-order valence-electron chi connectivity index (χ4n) is 2.26. The second-order valence-corrected chi connectivity index (χ2v) is 5.55. The molecule has 0 aliphatic heterocycles. The van der Waals surface area contributed by atoms with Crippen molar-refractivity contribution in [1.82, 2.24) is 5.32 Å². The molecule has 0 bridgehead atoms. The first kappa shape index (κ1) is 18.4. The molecule has 2 aromatic carbocycles.